The quantitative estimate of drug-likeness (QED) is 0.460. The summed E-state index contributed by atoms with van der Waals surface area (Å²) < 4.78 is 0. The van der Waals surface area contributed by atoms with Gasteiger partial charge in [0.1, 0.15) is 0 Å². The molecule has 4 nitrogen and oxygen atoms in total. The molecular formula is H6CrO4Pb. The maximum atomic E-state index is 0. The smallest absolute Gasteiger partial charge is 0.870 e. The Morgan fingerprint density at radius 3 is 0.667 bits per heavy atom. The minimum absolute atomic E-state index is 0. The van der Waals surface area contributed by atoms with Gasteiger partial charge in [-0.3, -0.25) is 0 Å². The first-order valence-electron chi connectivity index (χ1n) is 0. The fourth-order valence-electron chi connectivity index (χ4n) is 0. The third-order valence-corrected chi connectivity index (χ3v) is 0. The van der Waals surface area contributed by atoms with Crippen molar-refractivity contribution in [2.75, 3.05) is 0 Å². The zero-order valence-corrected chi connectivity index (χ0v) is 7.97. The molecule has 2 radical (unpaired) electrons. The average Bonchev–Trinajstić information content (AvgIpc) is 0. The third-order valence-electron chi connectivity index (χ3n) is 0. The largest absolute Gasteiger partial charge is 2.00 e. The van der Waals surface area contributed by atoms with Crippen LogP contribution in [0.15, 0.2) is 0 Å². The summed E-state index contributed by atoms with van der Waals surface area (Å²) in [5.41, 5.74) is 0. The van der Waals surface area contributed by atoms with Crippen LogP contribution in [0.3, 0.4) is 0 Å². The van der Waals surface area contributed by atoms with Gasteiger partial charge in [-0.05, 0) is 0 Å². The normalized spacial score (nSPS) is 0. The van der Waals surface area contributed by atoms with Gasteiger partial charge in [0.2, 0.25) is 0 Å². The molecule has 0 saturated heterocycles. The second kappa shape index (κ2) is 105. The van der Waals surface area contributed by atoms with Crippen LogP contribution in [0.2, 0.25) is 0 Å². The van der Waals surface area contributed by atoms with Gasteiger partial charge >= 0.3 is 27.3 Å². The molecule has 0 aromatic rings. The van der Waals surface area contributed by atoms with E-state index < -0.39 is 0 Å². The van der Waals surface area contributed by atoms with Gasteiger partial charge in [-0.1, -0.05) is 0 Å². The van der Waals surface area contributed by atoms with Gasteiger partial charge in [-0.2, -0.15) is 0 Å². The zero-order valence-electron chi connectivity index (χ0n) is 2.80. The zero-order chi connectivity index (χ0) is 0. The van der Waals surface area contributed by atoms with Gasteiger partial charge < -0.3 is 21.9 Å². The van der Waals surface area contributed by atoms with Crippen molar-refractivity contribution in [3.63, 3.8) is 0 Å². The minimum atomic E-state index is 0. The summed E-state index contributed by atoms with van der Waals surface area (Å²) in [5, 5.41) is 0. The molecule has 0 fully saturated rings. The Hall–Kier alpha value is 1.29. The second-order valence-electron chi connectivity index (χ2n) is 0. The molecule has 0 atom stereocenters. The number of hydrogen-bond acceptors (Lipinski definition) is 2. The van der Waals surface area contributed by atoms with E-state index in [2.05, 4.69) is 0 Å². The second-order valence-corrected chi connectivity index (χ2v) is 0. The summed E-state index contributed by atoms with van der Waals surface area (Å²) in [4.78, 5) is 0. The Morgan fingerprint density at radius 2 is 0.667 bits per heavy atom. The van der Waals surface area contributed by atoms with Gasteiger partial charge in [0.05, 0.1) is 0 Å². The van der Waals surface area contributed by atoms with Crippen molar-refractivity contribution in [2.24, 2.45) is 0 Å². The fourth-order valence-corrected chi connectivity index (χ4v) is 0. The predicted octanol–water partition coefficient (Wildman–Crippen LogP) is -2.39. The molecule has 6 heteroatoms. The molecule has 0 bridgehead atoms. The number of rotatable bonds is 0. The molecule has 0 aliphatic carbocycles. The molecule has 0 aromatic heterocycles. The van der Waals surface area contributed by atoms with Gasteiger partial charge in [0.25, 0.3) is 0 Å². The van der Waals surface area contributed by atoms with Crippen molar-refractivity contribution < 1.29 is 39.3 Å². The summed E-state index contributed by atoms with van der Waals surface area (Å²) in [6, 6.07) is 0. The Balaban J connectivity index is 0. The van der Waals surface area contributed by atoms with E-state index in [1.54, 1.807) is 0 Å². The SMILES string of the molecule is O.O.[Cr].[OH-].[OH-].[Pb+2]. The Morgan fingerprint density at radius 1 is 0.667 bits per heavy atom. The number of hydrogen-bond donors (Lipinski definition) is 0. The van der Waals surface area contributed by atoms with E-state index in [0.29, 0.717) is 0 Å². The van der Waals surface area contributed by atoms with E-state index in [1.807, 2.05) is 0 Å². The van der Waals surface area contributed by atoms with Crippen LogP contribution in [-0.4, -0.2) is 49.2 Å². The van der Waals surface area contributed by atoms with Crippen LogP contribution in [0.4, 0.5) is 0 Å². The first kappa shape index (κ1) is 172. The van der Waals surface area contributed by atoms with Gasteiger partial charge in [0.15, 0.2) is 0 Å². The van der Waals surface area contributed by atoms with E-state index >= 15 is 0 Å². The van der Waals surface area contributed by atoms with Crippen molar-refractivity contribution in [3.05, 3.63) is 0 Å². The molecule has 0 heterocycles. The summed E-state index contributed by atoms with van der Waals surface area (Å²) in [7, 11) is 0. The molecule has 0 amide bonds. The Bertz CT molecular complexity index is 7.51. The van der Waals surface area contributed by atoms with Crippen LogP contribution >= 0.6 is 0 Å². The van der Waals surface area contributed by atoms with Crippen LogP contribution in [0.5, 0.6) is 0 Å². The van der Waals surface area contributed by atoms with Crippen molar-refractivity contribution in [2.45, 2.75) is 0 Å². The molecule has 0 aromatic carbocycles. The summed E-state index contributed by atoms with van der Waals surface area (Å²) in [6.07, 6.45) is 0. The average molecular weight is 329 g/mol. The Kier molecular flexibility index (Phi) is 3030. The van der Waals surface area contributed by atoms with E-state index in [9.17, 15) is 0 Å². The van der Waals surface area contributed by atoms with Crippen LogP contribution in [0.25, 0.3) is 0 Å². The van der Waals surface area contributed by atoms with Gasteiger partial charge in [-0.15, -0.1) is 0 Å². The van der Waals surface area contributed by atoms with Crippen LogP contribution in [0.1, 0.15) is 0 Å². The summed E-state index contributed by atoms with van der Waals surface area (Å²) in [6.45, 7) is 0. The Labute approximate surface area is 66.4 Å². The fraction of sp³-hybridized carbons (Fsp3) is 0. The van der Waals surface area contributed by atoms with Gasteiger partial charge in [0, 0.05) is 17.4 Å². The van der Waals surface area contributed by atoms with E-state index in [0.717, 1.165) is 0 Å². The molecule has 40 valence electrons. The maximum Gasteiger partial charge on any atom is 2.00 e. The summed E-state index contributed by atoms with van der Waals surface area (Å²) in [5.74, 6) is 0. The molecule has 0 unspecified atom stereocenters. The van der Waals surface area contributed by atoms with Crippen molar-refractivity contribution in [3.8, 4) is 0 Å². The van der Waals surface area contributed by atoms with Gasteiger partial charge in [-0.25, -0.2) is 0 Å². The van der Waals surface area contributed by atoms with Crippen LogP contribution in [0, 0.1) is 0 Å². The molecule has 0 aliphatic heterocycles. The summed E-state index contributed by atoms with van der Waals surface area (Å²) >= 11 is 0. The standard InChI is InChI=1S/Cr.4H2O.Pb/h;4*1H2;/q;;;;;+2/p-2. The molecule has 6 heavy (non-hydrogen) atoms. The molecule has 0 saturated carbocycles. The third kappa shape index (κ3) is 58.3. The molecule has 0 spiro atoms. The van der Waals surface area contributed by atoms with Crippen molar-refractivity contribution >= 4 is 27.3 Å². The first-order valence-corrected chi connectivity index (χ1v) is 0. The molecular weight excluding hydrogens is 323 g/mol. The minimum Gasteiger partial charge on any atom is -0.870 e. The maximum absolute atomic E-state index is 0. The van der Waals surface area contributed by atoms with E-state index in [-0.39, 0.29) is 66.6 Å². The monoisotopic (exact) mass is 330 g/mol. The molecule has 0 aliphatic rings. The molecule has 0 rings (SSSR count). The molecule has 6 N–H and O–H groups in total. The van der Waals surface area contributed by atoms with Crippen molar-refractivity contribution in [1.82, 2.24) is 0 Å². The van der Waals surface area contributed by atoms with E-state index in [4.69, 9.17) is 0 Å². The predicted molar refractivity (Wildman–Crippen MR) is 16.9 cm³/mol. The topological polar surface area (TPSA) is 123 Å². The van der Waals surface area contributed by atoms with Crippen molar-refractivity contribution in [1.29, 1.82) is 0 Å². The first-order chi connectivity index (χ1) is 0. The van der Waals surface area contributed by atoms with Crippen LogP contribution < -0.4 is 0 Å². The van der Waals surface area contributed by atoms with Crippen LogP contribution in [-0.2, 0) is 17.4 Å². The van der Waals surface area contributed by atoms with E-state index in [1.165, 1.54) is 0 Å².